The maximum Gasteiger partial charge on any atom is 0.407 e. The van der Waals surface area contributed by atoms with Crippen LogP contribution in [0.25, 0.3) is 0 Å². The largest absolute Gasteiger partial charge is 0.467 e. The summed E-state index contributed by atoms with van der Waals surface area (Å²) in [5, 5.41) is 5.23. The Balaban J connectivity index is 3.92. The Kier molecular flexibility index (Phi) is 21.1. The van der Waals surface area contributed by atoms with Gasteiger partial charge in [-0.3, -0.25) is 4.79 Å². The molecule has 0 aliphatic heterocycles. The van der Waals surface area contributed by atoms with Crippen molar-refractivity contribution in [2.45, 2.75) is 51.4 Å². The second-order valence-electron chi connectivity index (χ2n) is 7.12. The van der Waals surface area contributed by atoms with Crippen LogP contribution in [-0.4, -0.2) is 76.8 Å². The van der Waals surface area contributed by atoms with Crippen LogP contribution in [0.15, 0.2) is 9.98 Å². The fraction of sp³-hybridized carbons (Fsp3) is 0.762. The summed E-state index contributed by atoms with van der Waals surface area (Å²) >= 11 is 0. The van der Waals surface area contributed by atoms with Crippen molar-refractivity contribution in [1.82, 2.24) is 10.6 Å². The van der Waals surface area contributed by atoms with E-state index in [9.17, 15) is 24.0 Å². The zero-order chi connectivity index (χ0) is 24.4. The summed E-state index contributed by atoms with van der Waals surface area (Å²) in [5.74, 6) is -0.497. The second-order valence-corrected chi connectivity index (χ2v) is 7.12. The van der Waals surface area contributed by atoms with Gasteiger partial charge in [-0.2, -0.15) is 0 Å². The maximum absolute atomic E-state index is 11.8. The standard InChI is InChI=1S/C21H34N4O8/c26-16-22-9-5-1-3-7-11-24-20(29)32-14-19(13-31-18-28)15-33-21(30)25-12-8-4-2-6-10-23-17-27/h18-19H,1-15H2,(H,24,29)(H,25,30). The molecule has 0 aromatic rings. The molecule has 0 unspecified atom stereocenters. The molecule has 186 valence electrons. The van der Waals surface area contributed by atoms with E-state index in [1.807, 2.05) is 0 Å². The third-order valence-corrected chi connectivity index (χ3v) is 4.36. The number of carbonyl (C=O) groups is 3. The van der Waals surface area contributed by atoms with Crippen molar-refractivity contribution < 1.29 is 38.2 Å². The normalized spacial score (nSPS) is 10.7. The van der Waals surface area contributed by atoms with Crippen molar-refractivity contribution in [2.24, 2.45) is 15.9 Å². The quantitative estimate of drug-likeness (QED) is 0.0846. The fourth-order valence-electron chi connectivity index (χ4n) is 2.62. The molecule has 0 heterocycles. The topological polar surface area (TPSA) is 162 Å². The lowest BCUT2D eigenvalue weighted by atomic mass is 10.2. The number of ether oxygens (including phenoxy) is 3. The van der Waals surface area contributed by atoms with Crippen LogP contribution < -0.4 is 10.6 Å². The van der Waals surface area contributed by atoms with E-state index in [2.05, 4.69) is 20.6 Å². The minimum Gasteiger partial charge on any atom is -0.467 e. The molecule has 0 saturated heterocycles. The summed E-state index contributed by atoms with van der Waals surface area (Å²) in [6, 6.07) is 0. The number of alkyl carbamates (subject to hydrolysis) is 2. The molecule has 0 fully saturated rings. The van der Waals surface area contributed by atoms with Gasteiger partial charge in [0.05, 0.1) is 19.0 Å². The molecule has 0 saturated carbocycles. The average Bonchev–Trinajstić information content (AvgIpc) is 2.82. The molecule has 0 bridgehead atoms. The number of hydrogen-bond acceptors (Lipinski definition) is 10. The van der Waals surface area contributed by atoms with Crippen molar-refractivity contribution in [3.63, 3.8) is 0 Å². The van der Waals surface area contributed by atoms with Crippen LogP contribution >= 0.6 is 0 Å². The fourth-order valence-corrected chi connectivity index (χ4v) is 2.62. The first-order chi connectivity index (χ1) is 16.1. The highest BCUT2D eigenvalue weighted by molar-refractivity contribution is 5.67. The molecule has 0 atom stereocenters. The lowest BCUT2D eigenvalue weighted by Gasteiger charge is -2.16. The van der Waals surface area contributed by atoms with Gasteiger partial charge in [-0.15, -0.1) is 0 Å². The van der Waals surface area contributed by atoms with E-state index in [1.54, 1.807) is 0 Å². The number of carbonyl (C=O) groups excluding carboxylic acids is 5. The zero-order valence-corrected chi connectivity index (χ0v) is 18.9. The van der Waals surface area contributed by atoms with Crippen LogP contribution in [0.3, 0.4) is 0 Å². The number of aliphatic imine (C=N–C) groups is 2. The molecule has 0 aromatic heterocycles. The van der Waals surface area contributed by atoms with Crippen molar-refractivity contribution >= 4 is 30.8 Å². The lowest BCUT2D eigenvalue weighted by molar-refractivity contribution is -0.130. The molecule has 0 aliphatic carbocycles. The Morgan fingerprint density at radius 1 is 0.727 bits per heavy atom. The molecule has 2 amide bonds. The van der Waals surface area contributed by atoms with Crippen LogP contribution in [0.2, 0.25) is 0 Å². The summed E-state index contributed by atoms with van der Waals surface area (Å²) in [6.45, 7) is 1.85. The summed E-state index contributed by atoms with van der Waals surface area (Å²) in [4.78, 5) is 60.8. The number of amides is 2. The third kappa shape index (κ3) is 21.8. The predicted octanol–water partition coefficient (Wildman–Crippen LogP) is 2.02. The maximum atomic E-state index is 11.8. The first-order valence-corrected chi connectivity index (χ1v) is 11.1. The van der Waals surface area contributed by atoms with Gasteiger partial charge in [0.15, 0.2) is 0 Å². The zero-order valence-electron chi connectivity index (χ0n) is 18.9. The summed E-state index contributed by atoms with van der Waals surface area (Å²) in [5.41, 5.74) is 0. The SMILES string of the molecule is O=C=NCCCCCCNC(=O)OCC(COC=O)COC(=O)NCCCCCCN=C=O. The van der Waals surface area contributed by atoms with Crippen LogP contribution in [0.5, 0.6) is 0 Å². The monoisotopic (exact) mass is 470 g/mol. The van der Waals surface area contributed by atoms with Gasteiger partial charge in [0.1, 0.15) is 19.8 Å². The van der Waals surface area contributed by atoms with Crippen molar-refractivity contribution in [1.29, 1.82) is 0 Å². The van der Waals surface area contributed by atoms with E-state index in [0.29, 0.717) is 26.2 Å². The molecule has 0 aliphatic rings. The van der Waals surface area contributed by atoms with Gasteiger partial charge in [-0.25, -0.2) is 29.2 Å². The number of nitrogens with one attached hydrogen (secondary N) is 2. The van der Waals surface area contributed by atoms with Crippen LogP contribution in [0.1, 0.15) is 51.4 Å². The van der Waals surface area contributed by atoms with E-state index in [4.69, 9.17) is 14.2 Å². The van der Waals surface area contributed by atoms with Gasteiger partial charge < -0.3 is 24.8 Å². The van der Waals surface area contributed by atoms with Crippen LogP contribution in [0.4, 0.5) is 9.59 Å². The van der Waals surface area contributed by atoms with Crippen LogP contribution in [0, 0.1) is 5.92 Å². The van der Waals surface area contributed by atoms with Gasteiger partial charge in [0.2, 0.25) is 12.2 Å². The molecule has 0 aromatic carbocycles. The Bertz CT molecular complexity index is 586. The predicted molar refractivity (Wildman–Crippen MR) is 117 cm³/mol. The highest BCUT2D eigenvalue weighted by Gasteiger charge is 2.15. The minimum atomic E-state index is -0.611. The highest BCUT2D eigenvalue weighted by Crippen LogP contribution is 2.03. The van der Waals surface area contributed by atoms with Gasteiger partial charge in [0.25, 0.3) is 6.47 Å². The first-order valence-electron chi connectivity index (χ1n) is 11.1. The summed E-state index contributed by atoms with van der Waals surface area (Å²) < 4.78 is 14.9. The Morgan fingerprint density at radius 3 is 1.61 bits per heavy atom. The first kappa shape index (κ1) is 29.8. The van der Waals surface area contributed by atoms with E-state index < -0.39 is 18.1 Å². The molecule has 2 N–H and O–H groups in total. The molecule has 0 radical (unpaired) electrons. The Hall–Kier alpha value is -3.23. The Morgan fingerprint density at radius 2 is 1.18 bits per heavy atom. The molecule has 0 spiro atoms. The molecular formula is C21H34N4O8. The summed E-state index contributed by atoms with van der Waals surface area (Å²) in [6.07, 6.45) is 8.39. The number of rotatable bonds is 21. The van der Waals surface area contributed by atoms with Crippen molar-refractivity contribution in [3.8, 4) is 0 Å². The van der Waals surface area contributed by atoms with Gasteiger partial charge in [-0.05, 0) is 25.7 Å². The molecule has 33 heavy (non-hydrogen) atoms. The Labute approximate surface area is 193 Å². The number of hydrogen-bond donors (Lipinski definition) is 2. The molecular weight excluding hydrogens is 436 g/mol. The van der Waals surface area contributed by atoms with Gasteiger partial charge in [0, 0.05) is 13.1 Å². The van der Waals surface area contributed by atoms with E-state index >= 15 is 0 Å². The second kappa shape index (κ2) is 23.4. The third-order valence-electron chi connectivity index (χ3n) is 4.36. The van der Waals surface area contributed by atoms with Gasteiger partial charge >= 0.3 is 12.2 Å². The number of isocyanates is 2. The number of nitrogens with zero attached hydrogens (tertiary/aromatic N) is 2. The molecule has 12 heteroatoms. The average molecular weight is 471 g/mol. The highest BCUT2D eigenvalue weighted by atomic mass is 16.6. The van der Waals surface area contributed by atoms with Crippen LogP contribution in [-0.2, 0) is 28.6 Å². The van der Waals surface area contributed by atoms with E-state index in [0.717, 1.165) is 51.4 Å². The smallest absolute Gasteiger partial charge is 0.407 e. The minimum absolute atomic E-state index is 0.0589. The number of unbranched alkanes of at least 4 members (excludes halogenated alkanes) is 6. The van der Waals surface area contributed by atoms with Crippen molar-refractivity contribution in [3.05, 3.63) is 0 Å². The van der Waals surface area contributed by atoms with Crippen molar-refractivity contribution in [2.75, 3.05) is 46.0 Å². The van der Waals surface area contributed by atoms with E-state index in [1.165, 1.54) is 12.2 Å². The lowest BCUT2D eigenvalue weighted by Crippen LogP contribution is -2.32. The molecule has 0 rings (SSSR count). The molecule has 12 nitrogen and oxygen atoms in total. The van der Waals surface area contributed by atoms with E-state index in [-0.39, 0.29) is 26.3 Å². The van der Waals surface area contributed by atoms with Gasteiger partial charge in [-0.1, -0.05) is 25.7 Å². The summed E-state index contributed by atoms with van der Waals surface area (Å²) in [7, 11) is 0.